The Kier molecular flexibility index (Phi) is 4.37. The molecule has 0 spiro atoms. The highest BCUT2D eigenvalue weighted by Crippen LogP contribution is 2.37. The van der Waals surface area contributed by atoms with E-state index in [1.165, 1.54) is 0 Å². The number of piperazine rings is 1. The summed E-state index contributed by atoms with van der Waals surface area (Å²) in [6.45, 7) is 8.87. The Hall–Kier alpha value is -1.10. The summed E-state index contributed by atoms with van der Waals surface area (Å²) >= 11 is 0. The van der Waals surface area contributed by atoms with Crippen molar-refractivity contribution in [1.29, 1.82) is 0 Å². The van der Waals surface area contributed by atoms with Crippen LogP contribution in [0.25, 0.3) is 0 Å². The fourth-order valence-electron chi connectivity index (χ4n) is 2.65. The van der Waals surface area contributed by atoms with Crippen LogP contribution in [0.1, 0.15) is 47.0 Å². The van der Waals surface area contributed by atoms with Crippen molar-refractivity contribution in [3.63, 3.8) is 0 Å². The van der Waals surface area contributed by atoms with Gasteiger partial charge in [-0.15, -0.1) is 0 Å². The summed E-state index contributed by atoms with van der Waals surface area (Å²) in [7, 11) is 0. The highest BCUT2D eigenvalue weighted by Gasteiger charge is 2.47. The predicted molar refractivity (Wildman–Crippen MR) is 76.2 cm³/mol. The number of hydrogen-bond acceptors (Lipinski definition) is 3. The lowest BCUT2D eigenvalue weighted by Crippen LogP contribution is -2.64. The van der Waals surface area contributed by atoms with Crippen molar-refractivity contribution >= 4 is 11.8 Å². The largest absolute Gasteiger partial charge is 0.374 e. The number of carbonyl (C=O) groups excluding carboxylic acids is 2. The second-order valence-electron chi connectivity index (χ2n) is 6.74. The monoisotopic (exact) mass is 282 g/mol. The summed E-state index contributed by atoms with van der Waals surface area (Å²) in [5.41, 5.74) is -0.222. The highest BCUT2D eigenvalue weighted by molar-refractivity contribution is 5.97. The minimum Gasteiger partial charge on any atom is -0.374 e. The van der Waals surface area contributed by atoms with Gasteiger partial charge < -0.3 is 15.0 Å². The van der Waals surface area contributed by atoms with E-state index in [4.69, 9.17) is 4.74 Å². The van der Waals surface area contributed by atoms with Crippen molar-refractivity contribution in [2.24, 2.45) is 5.92 Å². The molecule has 1 saturated carbocycles. The van der Waals surface area contributed by atoms with Crippen molar-refractivity contribution in [3.05, 3.63) is 0 Å². The van der Waals surface area contributed by atoms with Crippen LogP contribution in [0.3, 0.4) is 0 Å². The third-order valence-corrected chi connectivity index (χ3v) is 3.85. The number of rotatable bonds is 5. The molecule has 1 heterocycles. The smallest absolute Gasteiger partial charge is 0.245 e. The van der Waals surface area contributed by atoms with Gasteiger partial charge in [0, 0.05) is 6.54 Å². The van der Waals surface area contributed by atoms with Gasteiger partial charge in [-0.3, -0.25) is 9.59 Å². The molecule has 1 aliphatic carbocycles. The number of hydrogen-bond donors (Lipinski definition) is 1. The van der Waals surface area contributed by atoms with Crippen LogP contribution in [0.15, 0.2) is 0 Å². The zero-order valence-corrected chi connectivity index (χ0v) is 12.9. The quantitative estimate of drug-likeness (QED) is 0.827. The average molecular weight is 282 g/mol. The first-order valence-electron chi connectivity index (χ1n) is 7.58. The minimum atomic E-state index is -0.368. The van der Waals surface area contributed by atoms with Crippen LogP contribution in [-0.4, -0.2) is 47.6 Å². The van der Waals surface area contributed by atoms with Crippen molar-refractivity contribution in [1.82, 2.24) is 10.2 Å². The third kappa shape index (κ3) is 3.51. The molecule has 1 saturated heterocycles. The maximum Gasteiger partial charge on any atom is 0.245 e. The summed E-state index contributed by atoms with van der Waals surface area (Å²) in [5.74, 6) is 0.391. The number of ether oxygens (including phenoxy) is 1. The molecule has 0 aromatic carbocycles. The molecule has 2 unspecified atom stereocenters. The fraction of sp³-hybridized carbons (Fsp3) is 0.867. The lowest BCUT2D eigenvalue weighted by atomic mass is 10.0. The van der Waals surface area contributed by atoms with Crippen LogP contribution >= 0.6 is 0 Å². The molecule has 5 heteroatoms. The fourth-order valence-corrected chi connectivity index (χ4v) is 2.65. The van der Waals surface area contributed by atoms with Crippen molar-refractivity contribution in [3.8, 4) is 0 Å². The van der Waals surface area contributed by atoms with Crippen LogP contribution in [0.5, 0.6) is 0 Å². The van der Waals surface area contributed by atoms with Gasteiger partial charge in [0.15, 0.2) is 0 Å². The Labute approximate surface area is 121 Å². The molecule has 0 radical (unpaired) electrons. The maximum atomic E-state index is 12.5. The first-order valence-corrected chi connectivity index (χ1v) is 7.58. The summed E-state index contributed by atoms with van der Waals surface area (Å²) in [6.07, 6.45) is 2.72. The zero-order chi connectivity index (χ0) is 14.9. The second kappa shape index (κ2) is 5.72. The Morgan fingerprint density at radius 3 is 2.45 bits per heavy atom. The number of carbonyl (C=O) groups is 2. The van der Waals surface area contributed by atoms with E-state index in [9.17, 15) is 9.59 Å². The number of amides is 2. The summed E-state index contributed by atoms with van der Waals surface area (Å²) in [6, 6.07) is -0.652. The minimum absolute atomic E-state index is 0.00899. The predicted octanol–water partition coefficient (Wildman–Crippen LogP) is 1.32. The third-order valence-electron chi connectivity index (χ3n) is 3.85. The molecule has 1 aliphatic heterocycles. The van der Waals surface area contributed by atoms with E-state index in [-0.39, 0.29) is 29.5 Å². The van der Waals surface area contributed by atoms with Crippen LogP contribution < -0.4 is 5.32 Å². The van der Waals surface area contributed by atoms with Crippen LogP contribution in [0.2, 0.25) is 0 Å². The van der Waals surface area contributed by atoms with Gasteiger partial charge in [-0.2, -0.15) is 0 Å². The maximum absolute atomic E-state index is 12.5. The number of nitrogens with one attached hydrogen (secondary N) is 1. The summed E-state index contributed by atoms with van der Waals surface area (Å²) in [4.78, 5) is 26.4. The van der Waals surface area contributed by atoms with Crippen molar-refractivity contribution in [2.45, 2.75) is 64.6 Å². The van der Waals surface area contributed by atoms with Gasteiger partial charge in [-0.25, -0.2) is 0 Å². The molecule has 1 N–H and O–H groups in total. The molecule has 114 valence electrons. The lowest BCUT2D eigenvalue weighted by Gasteiger charge is -2.39. The van der Waals surface area contributed by atoms with Gasteiger partial charge in [0.25, 0.3) is 0 Å². The molecular weight excluding hydrogens is 256 g/mol. The zero-order valence-electron chi connectivity index (χ0n) is 12.9. The van der Waals surface area contributed by atoms with Gasteiger partial charge >= 0.3 is 0 Å². The van der Waals surface area contributed by atoms with Gasteiger partial charge in [0.1, 0.15) is 12.1 Å². The second-order valence-corrected chi connectivity index (χ2v) is 6.74. The average Bonchev–Trinajstić information content (AvgIpc) is 3.15. The summed E-state index contributed by atoms with van der Waals surface area (Å²) < 4.78 is 5.71. The van der Waals surface area contributed by atoms with Crippen molar-refractivity contribution in [2.75, 3.05) is 13.2 Å². The van der Waals surface area contributed by atoms with E-state index >= 15 is 0 Å². The van der Waals surface area contributed by atoms with Gasteiger partial charge in [0.2, 0.25) is 11.8 Å². The molecule has 5 nitrogen and oxygen atoms in total. The van der Waals surface area contributed by atoms with Gasteiger partial charge in [-0.1, -0.05) is 6.92 Å². The molecule has 20 heavy (non-hydrogen) atoms. The molecule has 0 aromatic rings. The van der Waals surface area contributed by atoms with E-state index in [0.717, 1.165) is 12.8 Å². The molecule has 0 bridgehead atoms. The molecule has 2 atom stereocenters. The topological polar surface area (TPSA) is 58.6 Å². The Balaban J connectivity index is 2.03. The summed E-state index contributed by atoms with van der Waals surface area (Å²) in [5, 5.41) is 2.85. The van der Waals surface area contributed by atoms with Crippen LogP contribution in [0.4, 0.5) is 0 Å². The Bertz CT molecular complexity index is 385. The normalized spacial score (nSPS) is 27.7. The lowest BCUT2D eigenvalue weighted by molar-refractivity contribution is -0.152. The molecule has 0 aromatic heterocycles. The first-order chi connectivity index (χ1) is 9.33. The Morgan fingerprint density at radius 1 is 1.30 bits per heavy atom. The van der Waals surface area contributed by atoms with Crippen molar-refractivity contribution < 1.29 is 14.3 Å². The van der Waals surface area contributed by atoms with E-state index in [1.54, 1.807) is 4.90 Å². The van der Waals surface area contributed by atoms with E-state index in [1.807, 2.05) is 27.7 Å². The van der Waals surface area contributed by atoms with E-state index in [0.29, 0.717) is 25.5 Å². The first kappa shape index (κ1) is 15.3. The van der Waals surface area contributed by atoms with Crippen LogP contribution in [0, 0.1) is 5.92 Å². The Morgan fingerprint density at radius 2 is 1.95 bits per heavy atom. The van der Waals surface area contributed by atoms with E-state index < -0.39 is 0 Å². The molecule has 2 amide bonds. The van der Waals surface area contributed by atoms with Crippen LogP contribution in [-0.2, 0) is 14.3 Å². The van der Waals surface area contributed by atoms with E-state index in [2.05, 4.69) is 5.32 Å². The van der Waals surface area contributed by atoms with Gasteiger partial charge in [-0.05, 0) is 46.0 Å². The molecule has 2 fully saturated rings. The van der Waals surface area contributed by atoms with Gasteiger partial charge in [0.05, 0.1) is 12.2 Å². The standard InChI is InChI=1S/C15H26N2O3/c1-5-11-14(19)17(8-9-20-15(2,3)4)12(10-6-7-10)13(18)16-11/h10-12H,5-9H2,1-4H3,(H,16,18). The molecule has 2 rings (SSSR count). The highest BCUT2D eigenvalue weighted by atomic mass is 16.5. The number of nitrogens with zero attached hydrogens (tertiary/aromatic N) is 1. The SMILES string of the molecule is CCC1NC(=O)C(C2CC2)N(CCOC(C)(C)C)C1=O. The molecular formula is C15H26N2O3. The molecule has 2 aliphatic rings.